The lowest BCUT2D eigenvalue weighted by atomic mass is 10.1. The first-order chi connectivity index (χ1) is 10.1. The van der Waals surface area contributed by atoms with Crippen LogP contribution >= 0.6 is 23.2 Å². The maximum absolute atomic E-state index is 9.01. The number of halogens is 2. The van der Waals surface area contributed by atoms with E-state index in [1.165, 1.54) is 0 Å². The van der Waals surface area contributed by atoms with Crippen LogP contribution < -0.4 is 4.74 Å². The van der Waals surface area contributed by atoms with Crippen molar-refractivity contribution in [3.8, 4) is 5.75 Å². The summed E-state index contributed by atoms with van der Waals surface area (Å²) in [5, 5.41) is 18.6. The van der Waals surface area contributed by atoms with Crippen LogP contribution in [0.4, 0.5) is 0 Å². The van der Waals surface area contributed by atoms with Gasteiger partial charge in [0.25, 0.3) is 0 Å². The molecule has 2 aromatic carbocycles. The second kappa shape index (κ2) is 7.64. The number of aliphatic hydroxyl groups excluding tert-OH is 1. The van der Waals surface area contributed by atoms with Crippen LogP contribution in [0.2, 0.25) is 10.0 Å². The Labute approximate surface area is 132 Å². The van der Waals surface area contributed by atoms with Gasteiger partial charge in [-0.2, -0.15) is 0 Å². The van der Waals surface area contributed by atoms with Gasteiger partial charge < -0.3 is 9.84 Å². The van der Waals surface area contributed by atoms with Crippen LogP contribution in [0.5, 0.6) is 5.75 Å². The molecule has 4 nitrogen and oxygen atoms in total. The van der Waals surface area contributed by atoms with Crippen LogP contribution in [-0.4, -0.2) is 17.0 Å². The Kier molecular flexibility index (Phi) is 5.85. The molecule has 0 spiro atoms. The van der Waals surface area contributed by atoms with Crippen molar-refractivity contribution in [2.75, 3.05) is 6.61 Å². The fourth-order valence-corrected chi connectivity index (χ4v) is 2.10. The third-order valence-electron chi connectivity index (χ3n) is 2.93. The summed E-state index contributed by atoms with van der Waals surface area (Å²) in [6, 6.07) is 12.2. The molecule has 0 heterocycles. The van der Waals surface area contributed by atoms with Gasteiger partial charge in [-0.1, -0.05) is 41.4 Å². The Morgan fingerprint density at radius 2 is 1.71 bits per heavy atom. The Morgan fingerprint density at radius 1 is 1.00 bits per heavy atom. The monoisotopic (exact) mass is 328 g/mol. The van der Waals surface area contributed by atoms with E-state index in [1.807, 2.05) is 6.07 Å². The molecule has 2 N–H and O–H groups in total. The number of rotatable bonds is 6. The fraction of sp³-hybridized carbons (Fsp3) is 0.200. The molecule has 0 amide bonds. The molecule has 2 rings (SSSR count). The predicted molar refractivity (Wildman–Crippen MR) is 80.8 cm³/mol. The molecule has 0 aliphatic heterocycles. The Balaban J connectivity index is 1.98. The molecule has 0 saturated heterocycles. The van der Waals surface area contributed by atoms with Gasteiger partial charge in [0.1, 0.15) is 18.5 Å². The molecule has 0 bridgehead atoms. The predicted octanol–water partition coefficient (Wildman–Crippen LogP) is 4.10. The molecule has 0 saturated carbocycles. The second-order valence-electron chi connectivity index (χ2n) is 4.38. The van der Waals surface area contributed by atoms with Crippen LogP contribution in [0.1, 0.15) is 17.2 Å². The molecule has 112 valence electrons. The van der Waals surface area contributed by atoms with E-state index in [2.05, 4.69) is 4.89 Å². The number of hydrogen-bond acceptors (Lipinski definition) is 4. The van der Waals surface area contributed by atoms with Gasteiger partial charge in [-0.3, -0.25) is 5.26 Å². The minimum absolute atomic E-state index is 0.306. The van der Waals surface area contributed by atoms with Gasteiger partial charge in [0, 0.05) is 0 Å². The Bertz CT molecular complexity index is 583. The first-order valence-corrected chi connectivity index (χ1v) is 6.97. The van der Waals surface area contributed by atoms with Crippen molar-refractivity contribution in [1.82, 2.24) is 0 Å². The SMILES string of the molecule is OC[C@@H](OO)c1ccc(OCc2ccc(Cl)c(Cl)c2)cc1. The van der Waals surface area contributed by atoms with Crippen molar-refractivity contribution in [2.24, 2.45) is 0 Å². The van der Waals surface area contributed by atoms with Gasteiger partial charge in [-0.15, -0.1) is 0 Å². The molecule has 6 heteroatoms. The van der Waals surface area contributed by atoms with E-state index >= 15 is 0 Å². The number of aliphatic hydroxyl groups is 1. The number of ether oxygens (including phenoxy) is 1. The van der Waals surface area contributed by atoms with Crippen molar-refractivity contribution >= 4 is 23.2 Å². The Hall–Kier alpha value is -1.30. The molecule has 21 heavy (non-hydrogen) atoms. The molecule has 0 fully saturated rings. The average Bonchev–Trinajstić information content (AvgIpc) is 2.51. The van der Waals surface area contributed by atoms with E-state index in [9.17, 15) is 0 Å². The van der Waals surface area contributed by atoms with E-state index in [4.69, 9.17) is 38.3 Å². The van der Waals surface area contributed by atoms with E-state index in [0.29, 0.717) is 28.0 Å². The zero-order chi connectivity index (χ0) is 15.2. The lowest BCUT2D eigenvalue weighted by Crippen LogP contribution is -2.06. The summed E-state index contributed by atoms with van der Waals surface area (Å²) < 4.78 is 5.62. The quantitative estimate of drug-likeness (QED) is 0.619. The second-order valence-corrected chi connectivity index (χ2v) is 5.20. The zero-order valence-electron chi connectivity index (χ0n) is 11.0. The highest BCUT2D eigenvalue weighted by Gasteiger charge is 2.10. The molecule has 0 aliphatic carbocycles. The van der Waals surface area contributed by atoms with Crippen LogP contribution in [0.25, 0.3) is 0 Å². The normalized spacial score (nSPS) is 12.2. The summed E-state index contributed by atoms with van der Waals surface area (Å²) in [6.45, 7) is 0.0517. The molecule has 1 atom stereocenters. The van der Waals surface area contributed by atoms with Crippen LogP contribution in [0.15, 0.2) is 42.5 Å². The van der Waals surface area contributed by atoms with Gasteiger partial charge in [-0.25, -0.2) is 4.89 Å². The lowest BCUT2D eigenvalue weighted by molar-refractivity contribution is -0.288. The largest absolute Gasteiger partial charge is 0.489 e. The van der Waals surface area contributed by atoms with Crippen LogP contribution in [-0.2, 0) is 11.5 Å². The maximum atomic E-state index is 9.01. The summed E-state index contributed by atoms with van der Waals surface area (Å²) in [5.41, 5.74) is 1.56. The van der Waals surface area contributed by atoms with Crippen molar-refractivity contribution < 1.29 is 20.0 Å². The topological polar surface area (TPSA) is 58.9 Å². The highest BCUT2D eigenvalue weighted by atomic mass is 35.5. The third-order valence-corrected chi connectivity index (χ3v) is 3.67. The summed E-state index contributed by atoms with van der Waals surface area (Å²) >= 11 is 11.8. The summed E-state index contributed by atoms with van der Waals surface area (Å²) in [4.78, 5) is 4.16. The standard InChI is InChI=1S/C15H14Cl2O4/c16-13-6-1-10(7-14(13)17)9-20-12-4-2-11(3-5-12)15(8-18)21-19/h1-7,15,18-19H,8-9H2/t15-/m1/s1. The lowest BCUT2D eigenvalue weighted by Gasteiger charge is -2.12. The van der Waals surface area contributed by atoms with Gasteiger partial charge in [0.15, 0.2) is 0 Å². The van der Waals surface area contributed by atoms with Gasteiger partial charge >= 0.3 is 0 Å². The maximum Gasteiger partial charge on any atom is 0.141 e. The molecule has 0 radical (unpaired) electrons. The molecular weight excluding hydrogens is 315 g/mol. The highest BCUT2D eigenvalue weighted by molar-refractivity contribution is 6.42. The number of hydrogen-bond donors (Lipinski definition) is 2. The molecule has 0 aliphatic rings. The highest BCUT2D eigenvalue weighted by Crippen LogP contribution is 2.24. The van der Waals surface area contributed by atoms with E-state index in [0.717, 1.165) is 5.56 Å². The number of benzene rings is 2. The molecule has 0 aromatic heterocycles. The first-order valence-electron chi connectivity index (χ1n) is 6.22. The van der Waals surface area contributed by atoms with Crippen molar-refractivity contribution in [2.45, 2.75) is 12.7 Å². The fourth-order valence-electron chi connectivity index (χ4n) is 1.77. The third kappa shape index (κ3) is 4.33. The van der Waals surface area contributed by atoms with Gasteiger partial charge in [-0.05, 0) is 35.4 Å². The smallest absolute Gasteiger partial charge is 0.141 e. The zero-order valence-corrected chi connectivity index (χ0v) is 12.5. The van der Waals surface area contributed by atoms with E-state index in [1.54, 1.807) is 36.4 Å². The van der Waals surface area contributed by atoms with Gasteiger partial charge in [0.2, 0.25) is 0 Å². The molecule has 0 unspecified atom stereocenters. The molecule has 2 aromatic rings. The molecular formula is C15H14Cl2O4. The summed E-state index contributed by atoms with van der Waals surface area (Å²) in [6.07, 6.45) is -0.755. The minimum Gasteiger partial charge on any atom is -0.489 e. The van der Waals surface area contributed by atoms with Crippen LogP contribution in [0, 0.1) is 0 Å². The van der Waals surface area contributed by atoms with E-state index in [-0.39, 0.29) is 6.61 Å². The van der Waals surface area contributed by atoms with Crippen molar-refractivity contribution in [3.63, 3.8) is 0 Å². The minimum atomic E-state index is -0.755. The first kappa shape index (κ1) is 16.1. The summed E-state index contributed by atoms with van der Waals surface area (Å²) in [5.74, 6) is 0.652. The summed E-state index contributed by atoms with van der Waals surface area (Å²) in [7, 11) is 0. The average molecular weight is 329 g/mol. The van der Waals surface area contributed by atoms with E-state index < -0.39 is 6.10 Å². The Morgan fingerprint density at radius 3 is 2.29 bits per heavy atom. The van der Waals surface area contributed by atoms with Crippen molar-refractivity contribution in [1.29, 1.82) is 0 Å². The van der Waals surface area contributed by atoms with Gasteiger partial charge in [0.05, 0.1) is 16.7 Å². The van der Waals surface area contributed by atoms with Crippen LogP contribution in [0.3, 0.4) is 0 Å². The van der Waals surface area contributed by atoms with Crippen molar-refractivity contribution in [3.05, 3.63) is 63.6 Å².